The van der Waals surface area contributed by atoms with Crippen molar-refractivity contribution in [3.63, 3.8) is 0 Å². The second-order valence-corrected chi connectivity index (χ2v) is 7.09. The lowest BCUT2D eigenvalue weighted by molar-refractivity contribution is -0.384. The van der Waals surface area contributed by atoms with Gasteiger partial charge in [0, 0.05) is 18.7 Å². The van der Waals surface area contributed by atoms with Crippen LogP contribution in [0.3, 0.4) is 0 Å². The topological polar surface area (TPSA) is 64.4 Å². The van der Waals surface area contributed by atoms with Crippen molar-refractivity contribution >= 4 is 11.4 Å². The number of ether oxygens (including phenoxy) is 1. The molecule has 0 spiro atoms. The van der Waals surface area contributed by atoms with Gasteiger partial charge in [0.2, 0.25) is 0 Å². The van der Waals surface area contributed by atoms with Gasteiger partial charge in [-0.15, -0.1) is 0 Å². The average molecular weight is 342 g/mol. The van der Waals surface area contributed by atoms with Crippen molar-refractivity contribution in [3.05, 3.63) is 58.1 Å². The summed E-state index contributed by atoms with van der Waals surface area (Å²) in [5.74, 6) is 1.29. The molecular formula is C20H26N2O3. The third kappa shape index (κ3) is 5.21. The van der Waals surface area contributed by atoms with E-state index in [0.717, 1.165) is 12.8 Å². The molecule has 2 aromatic carbocycles. The van der Waals surface area contributed by atoms with Gasteiger partial charge < -0.3 is 10.1 Å². The minimum atomic E-state index is -0.379. The molecule has 5 heteroatoms. The van der Waals surface area contributed by atoms with Crippen LogP contribution in [0.4, 0.5) is 11.4 Å². The van der Waals surface area contributed by atoms with E-state index in [1.165, 1.54) is 11.6 Å². The molecule has 2 aromatic rings. The summed E-state index contributed by atoms with van der Waals surface area (Å²) in [6.07, 6.45) is 1.98. The summed E-state index contributed by atoms with van der Waals surface area (Å²) in [5.41, 5.74) is 1.86. The number of nitrogens with one attached hydrogen (secondary N) is 1. The van der Waals surface area contributed by atoms with Crippen LogP contribution in [0, 0.1) is 10.1 Å². The molecule has 0 atom stereocenters. The molecule has 5 nitrogen and oxygen atoms in total. The van der Waals surface area contributed by atoms with Crippen molar-refractivity contribution in [3.8, 4) is 11.5 Å². The second-order valence-electron chi connectivity index (χ2n) is 7.09. The quantitative estimate of drug-likeness (QED) is 0.387. The van der Waals surface area contributed by atoms with Gasteiger partial charge >= 0.3 is 0 Å². The van der Waals surface area contributed by atoms with Crippen LogP contribution < -0.4 is 10.1 Å². The highest BCUT2D eigenvalue weighted by molar-refractivity contribution is 5.64. The maximum atomic E-state index is 11.2. The molecule has 0 saturated heterocycles. The molecule has 2 rings (SSSR count). The van der Waals surface area contributed by atoms with Crippen LogP contribution in [-0.2, 0) is 5.41 Å². The zero-order valence-electron chi connectivity index (χ0n) is 15.3. The highest BCUT2D eigenvalue weighted by atomic mass is 16.6. The lowest BCUT2D eigenvalue weighted by atomic mass is 9.87. The van der Waals surface area contributed by atoms with E-state index < -0.39 is 0 Å². The molecule has 0 radical (unpaired) electrons. The van der Waals surface area contributed by atoms with Gasteiger partial charge in [-0.3, -0.25) is 10.1 Å². The summed E-state index contributed by atoms with van der Waals surface area (Å²) in [6, 6.07) is 12.7. The number of hydrogen-bond acceptors (Lipinski definition) is 4. The smallest absolute Gasteiger partial charge is 0.292 e. The molecule has 0 amide bonds. The SMILES string of the molecule is CCCCNc1cc(Oc2ccc(C(C)(C)C)cc2)ccc1[N+](=O)[O-]. The summed E-state index contributed by atoms with van der Waals surface area (Å²) in [7, 11) is 0. The maximum absolute atomic E-state index is 11.2. The second kappa shape index (κ2) is 8.01. The van der Waals surface area contributed by atoms with Gasteiger partial charge in [-0.25, -0.2) is 0 Å². The number of hydrogen-bond donors (Lipinski definition) is 1. The van der Waals surface area contributed by atoms with Gasteiger partial charge in [-0.1, -0.05) is 46.2 Å². The monoisotopic (exact) mass is 342 g/mol. The van der Waals surface area contributed by atoms with Crippen LogP contribution in [-0.4, -0.2) is 11.5 Å². The number of unbranched alkanes of at least 4 members (excludes halogenated alkanes) is 1. The van der Waals surface area contributed by atoms with E-state index in [4.69, 9.17) is 4.74 Å². The molecule has 25 heavy (non-hydrogen) atoms. The van der Waals surface area contributed by atoms with Crippen molar-refractivity contribution in [1.29, 1.82) is 0 Å². The third-order valence-electron chi connectivity index (χ3n) is 3.97. The molecule has 0 fully saturated rings. The molecule has 0 saturated carbocycles. The standard InChI is InChI=1S/C20H26N2O3/c1-5-6-13-21-18-14-17(11-12-19(18)22(23)24)25-16-9-7-15(8-10-16)20(2,3)4/h7-12,14,21H,5-6,13H2,1-4H3. The summed E-state index contributed by atoms with van der Waals surface area (Å²) in [4.78, 5) is 10.8. The lowest BCUT2D eigenvalue weighted by Crippen LogP contribution is -2.10. The summed E-state index contributed by atoms with van der Waals surface area (Å²) in [6.45, 7) is 9.26. The molecular weight excluding hydrogens is 316 g/mol. The zero-order valence-corrected chi connectivity index (χ0v) is 15.3. The Morgan fingerprint density at radius 3 is 2.28 bits per heavy atom. The highest BCUT2D eigenvalue weighted by Crippen LogP contribution is 2.32. The predicted octanol–water partition coefficient (Wildman–Crippen LogP) is 5.90. The van der Waals surface area contributed by atoms with Crippen LogP contribution in [0.1, 0.15) is 46.1 Å². The van der Waals surface area contributed by atoms with Crippen LogP contribution >= 0.6 is 0 Å². The maximum Gasteiger partial charge on any atom is 0.292 e. The van der Waals surface area contributed by atoms with Crippen LogP contribution in [0.25, 0.3) is 0 Å². The lowest BCUT2D eigenvalue weighted by Gasteiger charge is -2.19. The fourth-order valence-electron chi connectivity index (χ4n) is 2.44. The molecule has 0 unspecified atom stereocenters. The van der Waals surface area contributed by atoms with Crippen molar-refractivity contribution in [2.24, 2.45) is 0 Å². The number of nitro benzene ring substituents is 1. The first-order valence-corrected chi connectivity index (χ1v) is 8.62. The molecule has 1 N–H and O–H groups in total. The van der Waals surface area contributed by atoms with Crippen LogP contribution in [0.2, 0.25) is 0 Å². The largest absolute Gasteiger partial charge is 0.457 e. The van der Waals surface area contributed by atoms with E-state index in [1.807, 2.05) is 24.3 Å². The Kier molecular flexibility index (Phi) is 6.02. The first-order chi connectivity index (χ1) is 11.8. The fourth-order valence-corrected chi connectivity index (χ4v) is 2.44. The normalized spacial score (nSPS) is 11.2. The van der Waals surface area contributed by atoms with Crippen molar-refractivity contribution in [2.45, 2.75) is 46.0 Å². The summed E-state index contributed by atoms with van der Waals surface area (Å²) < 4.78 is 5.87. The Bertz CT molecular complexity index is 719. The summed E-state index contributed by atoms with van der Waals surface area (Å²) in [5, 5.41) is 14.3. The Hall–Kier alpha value is -2.56. The van der Waals surface area contributed by atoms with Gasteiger partial charge in [0.25, 0.3) is 5.69 Å². The molecule has 134 valence electrons. The Morgan fingerprint density at radius 1 is 1.08 bits per heavy atom. The van der Waals surface area contributed by atoms with Crippen molar-refractivity contribution in [2.75, 3.05) is 11.9 Å². The highest BCUT2D eigenvalue weighted by Gasteiger charge is 2.16. The minimum Gasteiger partial charge on any atom is -0.457 e. The third-order valence-corrected chi connectivity index (χ3v) is 3.97. The molecule has 0 bridgehead atoms. The first kappa shape index (κ1) is 18.8. The van der Waals surface area contributed by atoms with Gasteiger partial charge in [0.1, 0.15) is 17.2 Å². The fraction of sp³-hybridized carbons (Fsp3) is 0.400. The number of nitrogens with zero attached hydrogens (tertiary/aromatic N) is 1. The van der Waals surface area contributed by atoms with E-state index in [0.29, 0.717) is 23.7 Å². The number of nitro groups is 1. The average Bonchev–Trinajstić information content (AvgIpc) is 2.55. The molecule has 0 aliphatic rings. The molecule has 0 heterocycles. The molecule has 0 aliphatic carbocycles. The van der Waals surface area contributed by atoms with Gasteiger partial charge in [0.15, 0.2) is 0 Å². The van der Waals surface area contributed by atoms with Gasteiger partial charge in [-0.05, 0) is 35.6 Å². The molecule has 0 aromatic heterocycles. The first-order valence-electron chi connectivity index (χ1n) is 8.62. The minimum absolute atomic E-state index is 0.0616. The van der Waals surface area contributed by atoms with Gasteiger partial charge in [0.05, 0.1) is 4.92 Å². The molecule has 0 aliphatic heterocycles. The van der Waals surface area contributed by atoms with Crippen LogP contribution in [0.15, 0.2) is 42.5 Å². The predicted molar refractivity (Wildman–Crippen MR) is 102 cm³/mol. The van der Waals surface area contributed by atoms with E-state index in [9.17, 15) is 10.1 Å². The van der Waals surface area contributed by atoms with E-state index in [-0.39, 0.29) is 16.0 Å². The van der Waals surface area contributed by atoms with E-state index >= 15 is 0 Å². The van der Waals surface area contributed by atoms with Gasteiger partial charge in [-0.2, -0.15) is 0 Å². The number of benzene rings is 2. The Labute approximate surface area is 149 Å². The Morgan fingerprint density at radius 2 is 1.72 bits per heavy atom. The zero-order chi connectivity index (χ0) is 18.4. The Balaban J connectivity index is 2.18. The number of rotatable bonds is 7. The van der Waals surface area contributed by atoms with E-state index in [1.54, 1.807) is 12.1 Å². The van der Waals surface area contributed by atoms with Crippen molar-refractivity contribution < 1.29 is 9.66 Å². The number of anilines is 1. The summed E-state index contributed by atoms with van der Waals surface area (Å²) >= 11 is 0. The van der Waals surface area contributed by atoms with Crippen LogP contribution in [0.5, 0.6) is 11.5 Å². The van der Waals surface area contributed by atoms with Crippen molar-refractivity contribution in [1.82, 2.24) is 0 Å². The van der Waals surface area contributed by atoms with E-state index in [2.05, 4.69) is 33.0 Å².